The summed E-state index contributed by atoms with van der Waals surface area (Å²) in [7, 11) is 0. The minimum Gasteiger partial charge on any atom is -0.326 e. The molecule has 0 radical (unpaired) electrons. The maximum Gasteiger partial charge on any atom is 0.258 e. The first-order valence-electron chi connectivity index (χ1n) is 9.96. The second kappa shape index (κ2) is 9.19. The number of pyridine rings is 1. The molecule has 0 atom stereocenters. The predicted molar refractivity (Wildman–Crippen MR) is 123 cm³/mol. The number of aromatic nitrogens is 1. The number of nitrogens with zero attached hydrogens (tertiary/aromatic N) is 2. The van der Waals surface area contributed by atoms with Gasteiger partial charge >= 0.3 is 0 Å². The van der Waals surface area contributed by atoms with Crippen LogP contribution >= 0.6 is 0 Å². The van der Waals surface area contributed by atoms with Gasteiger partial charge < -0.3 is 11.1 Å². The van der Waals surface area contributed by atoms with Gasteiger partial charge in [-0.05, 0) is 36.4 Å². The molecule has 0 saturated heterocycles. The van der Waals surface area contributed by atoms with Crippen LogP contribution in [0.25, 0.3) is 10.9 Å². The van der Waals surface area contributed by atoms with Crippen molar-refractivity contribution < 1.29 is 9.59 Å². The molecule has 154 valence electrons. The van der Waals surface area contributed by atoms with Crippen LogP contribution in [-0.4, -0.2) is 23.3 Å². The van der Waals surface area contributed by atoms with E-state index in [9.17, 15) is 9.59 Å². The normalized spacial score (nSPS) is 10.6. The number of hydrogen-bond acceptors (Lipinski definition) is 4. The van der Waals surface area contributed by atoms with Crippen LogP contribution in [0, 0.1) is 0 Å². The minimum absolute atomic E-state index is 0.156. The molecule has 0 spiro atoms. The topological polar surface area (TPSA) is 88.3 Å². The summed E-state index contributed by atoms with van der Waals surface area (Å²) in [4.78, 5) is 32.1. The Bertz CT molecular complexity index is 1210. The Kier molecular flexibility index (Phi) is 6.01. The molecule has 3 N–H and O–H groups in total. The molecule has 1 heterocycles. The zero-order chi connectivity index (χ0) is 21.6. The van der Waals surface area contributed by atoms with Crippen LogP contribution in [0.1, 0.15) is 15.9 Å². The molecule has 0 aliphatic heterocycles. The fraction of sp³-hybridized carbons (Fsp3) is 0.0800. The highest BCUT2D eigenvalue weighted by Gasteiger charge is 2.21. The van der Waals surface area contributed by atoms with Gasteiger partial charge in [0.25, 0.3) is 5.91 Å². The molecule has 0 bridgehead atoms. The van der Waals surface area contributed by atoms with E-state index in [1.165, 1.54) is 4.90 Å². The predicted octanol–water partition coefficient (Wildman–Crippen LogP) is 3.98. The molecule has 0 aliphatic carbocycles. The summed E-state index contributed by atoms with van der Waals surface area (Å²) in [5.41, 5.74) is 8.51. The van der Waals surface area contributed by atoms with Crippen LogP contribution in [-0.2, 0) is 11.3 Å². The van der Waals surface area contributed by atoms with Gasteiger partial charge in [-0.25, -0.2) is 4.98 Å². The second-order valence-electron chi connectivity index (χ2n) is 7.03. The summed E-state index contributed by atoms with van der Waals surface area (Å²) in [5.74, 6) is -0.204. The van der Waals surface area contributed by atoms with E-state index in [1.807, 2.05) is 54.6 Å². The molecule has 4 rings (SSSR count). The molecule has 0 saturated carbocycles. The van der Waals surface area contributed by atoms with Crippen molar-refractivity contribution in [1.82, 2.24) is 4.98 Å². The van der Waals surface area contributed by atoms with Crippen LogP contribution in [0.5, 0.6) is 0 Å². The number of amides is 2. The molecule has 2 amide bonds. The largest absolute Gasteiger partial charge is 0.326 e. The number of carbonyl (C=O) groups is 2. The van der Waals surface area contributed by atoms with E-state index in [1.54, 1.807) is 36.4 Å². The van der Waals surface area contributed by atoms with Gasteiger partial charge in [0.15, 0.2) is 0 Å². The molecule has 4 aromatic rings. The first-order chi connectivity index (χ1) is 15.2. The van der Waals surface area contributed by atoms with E-state index in [-0.39, 0.29) is 24.9 Å². The standard InChI is InChI=1S/C25H22N4O2/c26-16-20-15-19-11-7-8-14-22(19)27-24(20)28-23(30)17-29(21-12-5-2-6-13-21)25(31)18-9-3-1-4-10-18/h1-15H,16-17,26H2,(H,27,28,30). The number of nitrogens with one attached hydrogen (secondary N) is 1. The highest BCUT2D eigenvalue weighted by atomic mass is 16.2. The Morgan fingerprint density at radius 1 is 0.871 bits per heavy atom. The fourth-order valence-corrected chi connectivity index (χ4v) is 3.36. The number of anilines is 2. The second-order valence-corrected chi connectivity index (χ2v) is 7.03. The Morgan fingerprint density at radius 2 is 1.52 bits per heavy atom. The number of fused-ring (bicyclic) bond motifs is 1. The molecule has 0 unspecified atom stereocenters. The summed E-state index contributed by atoms with van der Waals surface area (Å²) < 4.78 is 0. The maximum atomic E-state index is 13.1. The number of para-hydroxylation sites is 2. The van der Waals surface area contributed by atoms with E-state index < -0.39 is 0 Å². The molecular weight excluding hydrogens is 388 g/mol. The van der Waals surface area contributed by atoms with E-state index in [0.717, 1.165) is 16.5 Å². The maximum absolute atomic E-state index is 13.1. The van der Waals surface area contributed by atoms with Crippen molar-refractivity contribution in [3.8, 4) is 0 Å². The van der Waals surface area contributed by atoms with Gasteiger partial charge in [-0.15, -0.1) is 0 Å². The summed E-state index contributed by atoms with van der Waals surface area (Å²) in [6.45, 7) is 0.0784. The number of carbonyl (C=O) groups excluding carboxylic acids is 2. The first-order valence-corrected chi connectivity index (χ1v) is 9.96. The zero-order valence-corrected chi connectivity index (χ0v) is 16.9. The van der Waals surface area contributed by atoms with Gasteiger partial charge in [0.05, 0.1) is 5.52 Å². The highest BCUT2D eigenvalue weighted by molar-refractivity contribution is 6.10. The summed E-state index contributed by atoms with van der Waals surface area (Å²) in [6, 6.07) is 27.6. The lowest BCUT2D eigenvalue weighted by Gasteiger charge is -2.22. The van der Waals surface area contributed by atoms with Gasteiger partial charge in [-0.3, -0.25) is 14.5 Å². The van der Waals surface area contributed by atoms with Gasteiger partial charge in [-0.1, -0.05) is 54.6 Å². The lowest BCUT2D eigenvalue weighted by atomic mass is 10.1. The van der Waals surface area contributed by atoms with Crippen molar-refractivity contribution in [3.05, 3.63) is 102 Å². The Balaban J connectivity index is 1.61. The zero-order valence-electron chi connectivity index (χ0n) is 16.9. The number of nitrogens with two attached hydrogens (primary N) is 1. The van der Waals surface area contributed by atoms with Crippen LogP contribution < -0.4 is 16.0 Å². The van der Waals surface area contributed by atoms with Crippen molar-refractivity contribution in [2.75, 3.05) is 16.8 Å². The van der Waals surface area contributed by atoms with Crippen molar-refractivity contribution in [3.63, 3.8) is 0 Å². The van der Waals surface area contributed by atoms with Gasteiger partial charge in [0.1, 0.15) is 12.4 Å². The molecule has 1 aromatic heterocycles. The third-order valence-electron chi connectivity index (χ3n) is 4.92. The SMILES string of the molecule is NCc1cc2ccccc2nc1NC(=O)CN(C(=O)c1ccccc1)c1ccccc1. The monoisotopic (exact) mass is 410 g/mol. The smallest absolute Gasteiger partial charge is 0.258 e. The molecule has 0 aliphatic rings. The Labute approximate surface area is 180 Å². The van der Waals surface area contributed by atoms with Gasteiger partial charge in [0, 0.05) is 28.7 Å². The summed E-state index contributed by atoms with van der Waals surface area (Å²) >= 11 is 0. The Morgan fingerprint density at radius 3 is 2.23 bits per heavy atom. The van der Waals surface area contributed by atoms with Gasteiger partial charge in [-0.2, -0.15) is 0 Å². The van der Waals surface area contributed by atoms with Crippen LogP contribution in [0.2, 0.25) is 0 Å². The molecule has 6 nitrogen and oxygen atoms in total. The van der Waals surface area contributed by atoms with Crippen molar-refractivity contribution in [2.45, 2.75) is 6.54 Å². The lowest BCUT2D eigenvalue weighted by Crippen LogP contribution is -2.38. The average molecular weight is 410 g/mol. The van der Waals surface area contributed by atoms with E-state index in [2.05, 4.69) is 10.3 Å². The third-order valence-corrected chi connectivity index (χ3v) is 4.92. The average Bonchev–Trinajstić information content (AvgIpc) is 2.82. The van der Waals surface area contributed by atoms with Crippen molar-refractivity contribution >= 4 is 34.2 Å². The fourth-order valence-electron chi connectivity index (χ4n) is 3.36. The highest BCUT2D eigenvalue weighted by Crippen LogP contribution is 2.21. The third kappa shape index (κ3) is 4.60. The van der Waals surface area contributed by atoms with E-state index in [4.69, 9.17) is 5.73 Å². The lowest BCUT2D eigenvalue weighted by molar-refractivity contribution is -0.114. The van der Waals surface area contributed by atoms with Crippen molar-refractivity contribution in [1.29, 1.82) is 0 Å². The minimum atomic E-state index is -0.356. The van der Waals surface area contributed by atoms with Crippen LogP contribution in [0.3, 0.4) is 0 Å². The first kappa shape index (κ1) is 20.3. The molecule has 31 heavy (non-hydrogen) atoms. The van der Waals surface area contributed by atoms with Crippen LogP contribution in [0.15, 0.2) is 91.0 Å². The summed E-state index contributed by atoms with van der Waals surface area (Å²) in [5, 5.41) is 3.79. The Hall–Kier alpha value is -4.03. The van der Waals surface area contributed by atoms with E-state index in [0.29, 0.717) is 17.1 Å². The van der Waals surface area contributed by atoms with Gasteiger partial charge in [0.2, 0.25) is 5.91 Å². The van der Waals surface area contributed by atoms with Crippen LogP contribution in [0.4, 0.5) is 11.5 Å². The number of benzene rings is 3. The molecule has 3 aromatic carbocycles. The van der Waals surface area contributed by atoms with Crippen molar-refractivity contribution in [2.24, 2.45) is 5.73 Å². The summed E-state index contributed by atoms with van der Waals surface area (Å²) in [6.07, 6.45) is 0. The molecular formula is C25H22N4O2. The molecule has 6 heteroatoms. The number of hydrogen-bond donors (Lipinski definition) is 2. The quantitative estimate of drug-likeness (QED) is 0.503. The van der Waals surface area contributed by atoms with E-state index >= 15 is 0 Å². The molecule has 0 fully saturated rings. The number of rotatable bonds is 6.